The van der Waals surface area contributed by atoms with Crippen molar-refractivity contribution >= 4 is 40.8 Å². The van der Waals surface area contributed by atoms with E-state index in [1.165, 1.54) is 0 Å². The van der Waals surface area contributed by atoms with Gasteiger partial charge in [0, 0.05) is 18.3 Å². The molecule has 0 N–H and O–H groups in total. The van der Waals surface area contributed by atoms with Gasteiger partial charge >= 0.3 is 0 Å². The van der Waals surface area contributed by atoms with Gasteiger partial charge in [0.15, 0.2) is 5.16 Å². The number of para-hydroxylation sites is 1. The molecule has 0 radical (unpaired) electrons. The maximum atomic E-state index is 6.37. The van der Waals surface area contributed by atoms with Crippen molar-refractivity contribution in [1.82, 2.24) is 9.97 Å². The summed E-state index contributed by atoms with van der Waals surface area (Å²) in [7, 11) is 0. The highest BCUT2D eigenvalue weighted by Gasteiger charge is 2.34. The molecule has 0 saturated carbocycles. The molecule has 22 heavy (non-hydrogen) atoms. The highest BCUT2D eigenvalue weighted by Crippen LogP contribution is 2.35. The van der Waals surface area contributed by atoms with E-state index in [0.29, 0.717) is 6.54 Å². The number of anilines is 2. The van der Waals surface area contributed by atoms with E-state index in [0.717, 1.165) is 46.3 Å². The summed E-state index contributed by atoms with van der Waals surface area (Å²) in [6, 6.07) is 7.85. The molecule has 0 amide bonds. The zero-order valence-corrected chi connectivity index (χ0v) is 13.6. The van der Waals surface area contributed by atoms with Crippen LogP contribution < -0.4 is 9.80 Å². The molecular formula is C15H14ClN5S. The minimum Gasteiger partial charge on any atom is -0.306 e. The van der Waals surface area contributed by atoms with Crippen LogP contribution in [0.15, 0.2) is 40.6 Å². The Kier molecular flexibility index (Phi) is 3.43. The van der Waals surface area contributed by atoms with Crippen LogP contribution in [0.2, 0.25) is 5.02 Å². The topological polar surface area (TPSA) is 44.6 Å². The van der Waals surface area contributed by atoms with Crippen LogP contribution in [-0.4, -0.2) is 35.3 Å². The molecule has 0 saturated heterocycles. The molecule has 0 fully saturated rings. The average molecular weight is 332 g/mol. The number of nitrogens with zero attached hydrogens (tertiary/aromatic N) is 5. The van der Waals surface area contributed by atoms with Crippen molar-refractivity contribution in [2.24, 2.45) is 4.99 Å². The summed E-state index contributed by atoms with van der Waals surface area (Å²) in [5.41, 5.74) is 2.06. The number of rotatable bonds is 2. The summed E-state index contributed by atoms with van der Waals surface area (Å²) in [5, 5.41) is 1.51. The first kappa shape index (κ1) is 13.8. The molecule has 1 aromatic heterocycles. The van der Waals surface area contributed by atoms with Crippen molar-refractivity contribution in [2.45, 2.75) is 11.7 Å². The first-order valence-corrected chi connectivity index (χ1v) is 8.62. The number of hydrogen-bond donors (Lipinski definition) is 0. The quantitative estimate of drug-likeness (QED) is 0.625. The van der Waals surface area contributed by atoms with Crippen LogP contribution >= 0.6 is 23.4 Å². The third-order valence-corrected chi connectivity index (χ3v) is 4.67. The van der Waals surface area contributed by atoms with E-state index in [2.05, 4.69) is 24.8 Å². The van der Waals surface area contributed by atoms with Gasteiger partial charge in [0.05, 0.1) is 23.8 Å². The second-order valence-electron chi connectivity index (χ2n) is 5.08. The van der Waals surface area contributed by atoms with Crippen LogP contribution in [0.25, 0.3) is 0 Å². The summed E-state index contributed by atoms with van der Waals surface area (Å²) in [6.45, 7) is 2.30. The Labute approximate surface area is 138 Å². The maximum Gasteiger partial charge on any atom is 0.207 e. The normalized spacial score (nSPS) is 16.4. The fraction of sp³-hybridized carbons (Fsp3) is 0.267. The Morgan fingerprint density at radius 1 is 1.23 bits per heavy atom. The van der Waals surface area contributed by atoms with Crippen LogP contribution in [-0.2, 0) is 6.54 Å². The maximum absolute atomic E-state index is 6.37. The zero-order chi connectivity index (χ0) is 15.1. The fourth-order valence-corrected chi connectivity index (χ4v) is 3.37. The van der Waals surface area contributed by atoms with Gasteiger partial charge in [-0.2, -0.15) is 0 Å². The van der Waals surface area contributed by atoms with Crippen molar-refractivity contribution in [3.63, 3.8) is 0 Å². The van der Waals surface area contributed by atoms with Gasteiger partial charge in [0.2, 0.25) is 5.96 Å². The highest BCUT2D eigenvalue weighted by atomic mass is 35.5. The van der Waals surface area contributed by atoms with Crippen molar-refractivity contribution in [2.75, 3.05) is 29.1 Å². The zero-order valence-electron chi connectivity index (χ0n) is 12.0. The molecule has 3 heterocycles. The number of fused-ring (bicyclic) bond motifs is 3. The summed E-state index contributed by atoms with van der Waals surface area (Å²) < 4.78 is 0. The van der Waals surface area contributed by atoms with Crippen LogP contribution in [0, 0.1) is 0 Å². The molecule has 5 nitrogen and oxygen atoms in total. The molecule has 0 bridgehead atoms. The molecular weight excluding hydrogens is 318 g/mol. The first-order chi connectivity index (χ1) is 10.8. The number of guanidine groups is 1. The van der Waals surface area contributed by atoms with E-state index in [9.17, 15) is 0 Å². The van der Waals surface area contributed by atoms with E-state index in [1.807, 2.05) is 36.7 Å². The lowest BCUT2D eigenvalue weighted by atomic mass is 10.2. The Morgan fingerprint density at radius 3 is 2.91 bits per heavy atom. The number of aliphatic imine (C=N–C) groups is 1. The SMILES string of the molecule is CSc1ncc2c(n1)N1CCN=C1N(c1ccccc1Cl)C2. The minimum absolute atomic E-state index is 0.684. The van der Waals surface area contributed by atoms with Gasteiger partial charge in [-0.15, -0.1) is 0 Å². The minimum atomic E-state index is 0.684. The molecule has 0 aliphatic carbocycles. The van der Waals surface area contributed by atoms with Gasteiger partial charge in [-0.3, -0.25) is 9.89 Å². The molecule has 112 valence electrons. The van der Waals surface area contributed by atoms with E-state index in [-0.39, 0.29) is 0 Å². The number of halogens is 1. The van der Waals surface area contributed by atoms with Crippen LogP contribution in [0.1, 0.15) is 5.56 Å². The van der Waals surface area contributed by atoms with Gasteiger partial charge in [-0.25, -0.2) is 9.97 Å². The van der Waals surface area contributed by atoms with Gasteiger partial charge in [-0.05, 0) is 18.4 Å². The van der Waals surface area contributed by atoms with Crippen molar-refractivity contribution < 1.29 is 0 Å². The van der Waals surface area contributed by atoms with E-state index >= 15 is 0 Å². The molecule has 0 unspecified atom stereocenters. The van der Waals surface area contributed by atoms with Crippen molar-refractivity contribution in [3.05, 3.63) is 41.0 Å². The molecule has 7 heteroatoms. The molecule has 2 aliphatic heterocycles. The van der Waals surface area contributed by atoms with Gasteiger partial charge < -0.3 is 4.90 Å². The predicted molar refractivity (Wildman–Crippen MR) is 91.1 cm³/mol. The number of thioether (sulfide) groups is 1. The van der Waals surface area contributed by atoms with Crippen molar-refractivity contribution in [3.8, 4) is 0 Å². The van der Waals surface area contributed by atoms with Crippen molar-refractivity contribution in [1.29, 1.82) is 0 Å². The standard InChI is InChI=1S/C15H14ClN5S/c1-22-14-18-8-10-9-21(12-5-3-2-4-11(12)16)15-17-6-7-20(15)13(10)19-14/h2-5,8H,6-7,9H2,1H3. The smallest absolute Gasteiger partial charge is 0.207 e. The lowest BCUT2D eigenvalue weighted by Gasteiger charge is -2.36. The third kappa shape index (κ3) is 2.14. The lowest BCUT2D eigenvalue weighted by molar-refractivity contribution is 0.842. The monoisotopic (exact) mass is 331 g/mol. The number of benzene rings is 1. The summed E-state index contributed by atoms with van der Waals surface area (Å²) >= 11 is 7.92. The summed E-state index contributed by atoms with van der Waals surface area (Å²) in [4.78, 5) is 18.0. The van der Waals surface area contributed by atoms with E-state index in [4.69, 9.17) is 11.6 Å². The Bertz CT molecular complexity index is 763. The van der Waals surface area contributed by atoms with E-state index in [1.54, 1.807) is 11.8 Å². The molecule has 4 rings (SSSR count). The fourth-order valence-electron chi connectivity index (χ4n) is 2.80. The molecule has 2 aliphatic rings. The Balaban J connectivity index is 1.82. The highest BCUT2D eigenvalue weighted by molar-refractivity contribution is 7.98. The number of hydrogen-bond acceptors (Lipinski definition) is 6. The second-order valence-corrected chi connectivity index (χ2v) is 6.26. The van der Waals surface area contributed by atoms with Crippen LogP contribution in [0.5, 0.6) is 0 Å². The molecule has 2 aromatic rings. The molecule has 1 aromatic carbocycles. The molecule has 0 spiro atoms. The molecule has 0 atom stereocenters. The number of aromatic nitrogens is 2. The van der Waals surface area contributed by atoms with E-state index < -0.39 is 0 Å². The lowest BCUT2D eigenvalue weighted by Crippen LogP contribution is -2.46. The average Bonchev–Trinajstić information content (AvgIpc) is 3.04. The second kappa shape index (κ2) is 5.44. The van der Waals surface area contributed by atoms with Gasteiger partial charge in [0.1, 0.15) is 5.82 Å². The predicted octanol–water partition coefficient (Wildman–Crippen LogP) is 3.05. The Hall–Kier alpha value is -1.79. The first-order valence-electron chi connectivity index (χ1n) is 7.02. The van der Waals surface area contributed by atoms with Gasteiger partial charge in [0.25, 0.3) is 0 Å². The largest absolute Gasteiger partial charge is 0.306 e. The van der Waals surface area contributed by atoms with Crippen LogP contribution in [0.3, 0.4) is 0 Å². The Morgan fingerprint density at radius 2 is 2.09 bits per heavy atom. The third-order valence-electron chi connectivity index (χ3n) is 3.79. The summed E-state index contributed by atoms with van der Waals surface area (Å²) in [6.07, 6.45) is 3.90. The van der Waals surface area contributed by atoms with Gasteiger partial charge in [-0.1, -0.05) is 35.5 Å². The summed E-state index contributed by atoms with van der Waals surface area (Å²) in [5.74, 6) is 1.89. The van der Waals surface area contributed by atoms with Crippen LogP contribution in [0.4, 0.5) is 11.5 Å².